The van der Waals surface area contributed by atoms with Gasteiger partial charge < -0.3 is 15.4 Å². The topological polar surface area (TPSA) is 91.9 Å². The second-order valence-electron chi connectivity index (χ2n) is 3.91. The number of rotatable bonds is 5. The number of carbonyl (C=O) groups excluding carboxylic acids is 1. The van der Waals surface area contributed by atoms with Crippen molar-refractivity contribution >= 4 is 5.91 Å². The molecule has 0 unspecified atom stereocenters. The highest BCUT2D eigenvalue weighted by Crippen LogP contribution is 2.06. The van der Waals surface area contributed by atoms with Crippen molar-refractivity contribution in [3.63, 3.8) is 0 Å². The van der Waals surface area contributed by atoms with Crippen LogP contribution in [0.3, 0.4) is 0 Å². The van der Waals surface area contributed by atoms with Gasteiger partial charge in [0.25, 0.3) is 5.91 Å². The summed E-state index contributed by atoms with van der Waals surface area (Å²) in [6.07, 6.45) is 3.70. The van der Waals surface area contributed by atoms with Gasteiger partial charge in [0.2, 0.25) is 5.82 Å². The number of piperidine rings is 1. The Balaban J connectivity index is 1.58. The molecule has 3 N–H and O–H groups in total. The quantitative estimate of drug-likeness (QED) is 0.591. The van der Waals surface area contributed by atoms with Crippen LogP contribution in [-0.2, 0) is 4.74 Å². The molecule has 1 amide bonds. The Labute approximate surface area is 99.3 Å². The second-order valence-corrected chi connectivity index (χ2v) is 3.91. The smallest absolute Gasteiger partial charge is 0.288 e. The first-order valence-electron chi connectivity index (χ1n) is 5.82. The minimum absolute atomic E-state index is 0.229. The number of carbonyl (C=O) groups is 1. The molecule has 17 heavy (non-hydrogen) atoms. The van der Waals surface area contributed by atoms with Gasteiger partial charge in [0.05, 0.1) is 12.7 Å². The zero-order chi connectivity index (χ0) is 11.9. The molecule has 1 aromatic heterocycles. The maximum absolute atomic E-state index is 11.4. The van der Waals surface area contributed by atoms with Gasteiger partial charge in [-0.15, -0.1) is 0 Å². The van der Waals surface area contributed by atoms with E-state index in [1.807, 2.05) is 0 Å². The van der Waals surface area contributed by atoms with Crippen molar-refractivity contribution in [1.29, 1.82) is 0 Å². The fourth-order valence-corrected chi connectivity index (χ4v) is 1.75. The Hall–Kier alpha value is -1.47. The van der Waals surface area contributed by atoms with Crippen molar-refractivity contribution in [2.24, 2.45) is 0 Å². The molecule has 0 atom stereocenters. The number of aromatic nitrogens is 3. The van der Waals surface area contributed by atoms with E-state index in [2.05, 4.69) is 25.8 Å². The Morgan fingerprint density at radius 2 is 2.35 bits per heavy atom. The van der Waals surface area contributed by atoms with Gasteiger partial charge in [0.1, 0.15) is 6.33 Å². The number of hydrogen-bond donors (Lipinski definition) is 3. The van der Waals surface area contributed by atoms with E-state index in [0.717, 1.165) is 25.9 Å². The SMILES string of the molecule is O=C(NCCOC1CCNCC1)c1ncn[nH]1. The van der Waals surface area contributed by atoms with Gasteiger partial charge in [-0.05, 0) is 25.9 Å². The van der Waals surface area contributed by atoms with Gasteiger partial charge in [0, 0.05) is 6.54 Å². The lowest BCUT2D eigenvalue weighted by Crippen LogP contribution is -2.35. The van der Waals surface area contributed by atoms with Crippen molar-refractivity contribution in [2.45, 2.75) is 18.9 Å². The molecule has 0 saturated carbocycles. The van der Waals surface area contributed by atoms with Crippen LogP contribution >= 0.6 is 0 Å². The van der Waals surface area contributed by atoms with Gasteiger partial charge in [-0.1, -0.05) is 0 Å². The Morgan fingerprint density at radius 3 is 3.06 bits per heavy atom. The van der Waals surface area contributed by atoms with Crippen LogP contribution < -0.4 is 10.6 Å². The van der Waals surface area contributed by atoms with E-state index < -0.39 is 0 Å². The van der Waals surface area contributed by atoms with Crippen molar-refractivity contribution < 1.29 is 9.53 Å². The van der Waals surface area contributed by atoms with Gasteiger partial charge in [0.15, 0.2) is 0 Å². The molecule has 2 rings (SSSR count). The number of nitrogens with zero attached hydrogens (tertiary/aromatic N) is 2. The second kappa shape index (κ2) is 6.31. The average molecular weight is 239 g/mol. The first-order valence-corrected chi connectivity index (χ1v) is 5.82. The lowest BCUT2D eigenvalue weighted by molar-refractivity contribution is 0.0342. The minimum atomic E-state index is -0.253. The molecule has 94 valence electrons. The number of nitrogens with one attached hydrogen (secondary N) is 3. The zero-order valence-electron chi connectivity index (χ0n) is 9.61. The van der Waals surface area contributed by atoms with Crippen LogP contribution in [0.25, 0.3) is 0 Å². The lowest BCUT2D eigenvalue weighted by Gasteiger charge is -2.22. The summed E-state index contributed by atoms with van der Waals surface area (Å²) in [5.74, 6) is -0.0247. The first kappa shape index (κ1) is 12.0. The number of hydrogen-bond acceptors (Lipinski definition) is 5. The van der Waals surface area contributed by atoms with E-state index in [4.69, 9.17) is 4.74 Å². The highest BCUT2D eigenvalue weighted by atomic mass is 16.5. The number of amides is 1. The van der Waals surface area contributed by atoms with Crippen LogP contribution in [0.4, 0.5) is 0 Å². The van der Waals surface area contributed by atoms with Crippen LogP contribution in [0.1, 0.15) is 23.5 Å². The first-order chi connectivity index (χ1) is 8.36. The van der Waals surface area contributed by atoms with Crippen LogP contribution in [0.2, 0.25) is 0 Å². The predicted octanol–water partition coefficient (Wildman–Crippen LogP) is -0.697. The molecule has 0 radical (unpaired) electrons. The van der Waals surface area contributed by atoms with Crippen molar-refractivity contribution in [2.75, 3.05) is 26.2 Å². The van der Waals surface area contributed by atoms with Gasteiger partial charge in [-0.3, -0.25) is 9.89 Å². The minimum Gasteiger partial charge on any atom is -0.376 e. The highest BCUT2D eigenvalue weighted by molar-refractivity contribution is 5.90. The molecule has 1 aliphatic heterocycles. The average Bonchev–Trinajstić information content (AvgIpc) is 2.89. The van der Waals surface area contributed by atoms with E-state index in [1.54, 1.807) is 0 Å². The molecule has 0 aromatic carbocycles. The molecule has 0 spiro atoms. The maximum Gasteiger partial charge on any atom is 0.288 e. The van der Waals surface area contributed by atoms with Crippen LogP contribution in [0, 0.1) is 0 Å². The summed E-state index contributed by atoms with van der Waals surface area (Å²) in [7, 11) is 0. The third kappa shape index (κ3) is 3.79. The molecule has 1 saturated heterocycles. The molecule has 0 aliphatic carbocycles. The summed E-state index contributed by atoms with van der Waals surface area (Å²) in [6, 6.07) is 0. The lowest BCUT2D eigenvalue weighted by atomic mass is 10.1. The molecule has 1 aromatic rings. The summed E-state index contributed by atoms with van der Waals surface area (Å²) in [5, 5.41) is 12.1. The standard InChI is InChI=1S/C10H17N5O2/c16-10(9-13-7-14-15-9)12-5-6-17-8-1-3-11-4-2-8/h7-8,11H,1-6H2,(H,12,16)(H,13,14,15). The molecule has 1 fully saturated rings. The molecule has 7 heteroatoms. The summed E-state index contributed by atoms with van der Waals surface area (Å²) in [4.78, 5) is 15.2. The van der Waals surface area contributed by atoms with Gasteiger partial charge in [-0.2, -0.15) is 5.10 Å². The molecular weight excluding hydrogens is 222 g/mol. The van der Waals surface area contributed by atoms with Crippen LogP contribution in [0.5, 0.6) is 0 Å². The largest absolute Gasteiger partial charge is 0.376 e. The maximum atomic E-state index is 11.4. The van der Waals surface area contributed by atoms with Crippen molar-refractivity contribution in [1.82, 2.24) is 25.8 Å². The van der Waals surface area contributed by atoms with Gasteiger partial charge in [-0.25, -0.2) is 4.98 Å². The Kier molecular flexibility index (Phi) is 4.45. The monoisotopic (exact) mass is 239 g/mol. The fourth-order valence-electron chi connectivity index (χ4n) is 1.75. The highest BCUT2D eigenvalue weighted by Gasteiger charge is 2.13. The summed E-state index contributed by atoms with van der Waals surface area (Å²) >= 11 is 0. The van der Waals surface area contributed by atoms with Crippen molar-refractivity contribution in [3.05, 3.63) is 12.2 Å². The van der Waals surface area contributed by atoms with E-state index in [9.17, 15) is 4.79 Å². The molecular formula is C10H17N5O2. The Bertz CT molecular complexity index is 334. The summed E-state index contributed by atoms with van der Waals surface area (Å²) in [5.41, 5.74) is 0. The molecule has 1 aliphatic rings. The zero-order valence-corrected chi connectivity index (χ0v) is 9.61. The predicted molar refractivity (Wildman–Crippen MR) is 60.6 cm³/mol. The fraction of sp³-hybridized carbons (Fsp3) is 0.700. The molecule has 7 nitrogen and oxygen atoms in total. The number of aromatic amines is 1. The van der Waals surface area contributed by atoms with E-state index in [1.165, 1.54) is 6.33 Å². The third-order valence-corrected chi connectivity index (χ3v) is 2.66. The normalized spacial score (nSPS) is 16.9. The van der Waals surface area contributed by atoms with Crippen LogP contribution in [-0.4, -0.2) is 53.4 Å². The summed E-state index contributed by atoms with van der Waals surface area (Å²) in [6.45, 7) is 3.04. The number of H-pyrrole nitrogens is 1. The molecule has 2 heterocycles. The molecule has 0 bridgehead atoms. The Morgan fingerprint density at radius 1 is 1.53 bits per heavy atom. The summed E-state index contributed by atoms with van der Waals surface area (Å²) < 4.78 is 5.65. The third-order valence-electron chi connectivity index (χ3n) is 2.66. The van der Waals surface area contributed by atoms with E-state index in [-0.39, 0.29) is 11.7 Å². The van der Waals surface area contributed by atoms with Crippen molar-refractivity contribution in [3.8, 4) is 0 Å². The van der Waals surface area contributed by atoms with E-state index >= 15 is 0 Å². The van der Waals surface area contributed by atoms with Crippen LogP contribution in [0.15, 0.2) is 6.33 Å². The number of ether oxygens (including phenoxy) is 1. The van der Waals surface area contributed by atoms with Gasteiger partial charge >= 0.3 is 0 Å². The van der Waals surface area contributed by atoms with E-state index in [0.29, 0.717) is 19.3 Å².